The van der Waals surface area contributed by atoms with Crippen LogP contribution in [0.4, 0.5) is 0 Å². The third-order valence-corrected chi connectivity index (χ3v) is 2.72. The zero-order valence-corrected chi connectivity index (χ0v) is 5.92. The molecule has 3 heteroatoms. The van der Waals surface area contributed by atoms with E-state index in [-0.39, 0.29) is 6.04 Å². The van der Waals surface area contributed by atoms with Crippen molar-refractivity contribution in [3.05, 3.63) is 0 Å². The van der Waals surface area contributed by atoms with Crippen LogP contribution >= 0.6 is 0 Å². The Morgan fingerprint density at radius 1 is 1.70 bits per heavy atom. The molecule has 1 aliphatic heterocycles. The topological polar surface area (TPSA) is 49.3 Å². The highest BCUT2D eigenvalue weighted by Gasteiger charge is 2.58. The van der Waals surface area contributed by atoms with Gasteiger partial charge in [-0.05, 0) is 18.3 Å². The summed E-state index contributed by atoms with van der Waals surface area (Å²) in [5.74, 6) is -0.701. The van der Waals surface area contributed by atoms with Gasteiger partial charge < -0.3 is 10.4 Å². The van der Waals surface area contributed by atoms with E-state index in [1.54, 1.807) is 0 Å². The second-order valence-corrected chi connectivity index (χ2v) is 3.67. The van der Waals surface area contributed by atoms with Crippen molar-refractivity contribution < 1.29 is 9.90 Å². The Labute approximate surface area is 59.4 Å². The first kappa shape index (κ1) is 6.16. The molecule has 1 heterocycles. The van der Waals surface area contributed by atoms with Gasteiger partial charge in [-0.25, -0.2) is 0 Å². The minimum absolute atomic E-state index is 0.274. The Balaban J connectivity index is 2.04. The molecule has 3 atom stereocenters. The van der Waals surface area contributed by atoms with E-state index in [9.17, 15) is 4.79 Å². The largest absolute Gasteiger partial charge is 0.480 e. The van der Waals surface area contributed by atoms with E-state index in [1.165, 1.54) is 0 Å². The van der Waals surface area contributed by atoms with Gasteiger partial charge in [0, 0.05) is 6.04 Å². The molecule has 2 N–H and O–H groups in total. The molecule has 2 fully saturated rings. The van der Waals surface area contributed by atoms with Crippen LogP contribution in [-0.2, 0) is 4.79 Å². The van der Waals surface area contributed by atoms with Crippen molar-refractivity contribution in [3.63, 3.8) is 0 Å². The molecule has 2 rings (SSSR count). The van der Waals surface area contributed by atoms with Crippen molar-refractivity contribution in [1.82, 2.24) is 5.32 Å². The summed E-state index contributed by atoms with van der Waals surface area (Å²) >= 11 is 0. The van der Waals surface area contributed by atoms with E-state index in [2.05, 4.69) is 12.2 Å². The summed E-state index contributed by atoms with van der Waals surface area (Å²) in [7, 11) is 0. The van der Waals surface area contributed by atoms with Gasteiger partial charge in [0.15, 0.2) is 0 Å². The number of piperidine rings is 1. The van der Waals surface area contributed by atoms with Gasteiger partial charge in [-0.3, -0.25) is 4.79 Å². The van der Waals surface area contributed by atoms with Crippen LogP contribution in [0.15, 0.2) is 0 Å². The second kappa shape index (κ2) is 1.53. The number of rotatable bonds is 1. The van der Waals surface area contributed by atoms with Crippen molar-refractivity contribution in [3.8, 4) is 0 Å². The average Bonchev–Trinajstić information content (AvgIpc) is 2.32. The number of fused-ring (bicyclic) bond motifs is 1. The van der Waals surface area contributed by atoms with Crippen LogP contribution in [0.5, 0.6) is 0 Å². The lowest BCUT2D eigenvalue weighted by Crippen LogP contribution is -2.33. The predicted octanol–water partition coefficient (Wildman–Crippen LogP) is 0.211. The van der Waals surface area contributed by atoms with E-state index >= 15 is 0 Å². The molecule has 0 amide bonds. The van der Waals surface area contributed by atoms with Gasteiger partial charge in [-0.15, -0.1) is 0 Å². The van der Waals surface area contributed by atoms with Gasteiger partial charge in [-0.2, -0.15) is 0 Å². The molecule has 1 unspecified atom stereocenters. The maximum Gasteiger partial charge on any atom is 0.320 e. The Morgan fingerprint density at radius 2 is 2.40 bits per heavy atom. The van der Waals surface area contributed by atoms with Crippen molar-refractivity contribution in [2.45, 2.75) is 31.8 Å². The van der Waals surface area contributed by atoms with Crippen LogP contribution in [0.1, 0.15) is 19.8 Å². The Bertz CT molecular complexity index is 192. The van der Waals surface area contributed by atoms with E-state index in [0.29, 0.717) is 11.5 Å². The number of hydrogen-bond acceptors (Lipinski definition) is 2. The molecule has 0 aromatic carbocycles. The SMILES string of the molecule is C[C@@]12CC(C(=O)O)N[C@@H]1C2. The highest BCUT2D eigenvalue weighted by Crippen LogP contribution is 2.53. The number of nitrogens with one attached hydrogen (secondary N) is 1. The lowest BCUT2D eigenvalue weighted by Gasteiger charge is -2.07. The van der Waals surface area contributed by atoms with Gasteiger partial charge in [-0.1, -0.05) is 6.92 Å². The lowest BCUT2D eigenvalue weighted by molar-refractivity contribution is -0.139. The smallest absolute Gasteiger partial charge is 0.320 e. The summed E-state index contributed by atoms with van der Waals surface area (Å²) in [6.45, 7) is 2.15. The van der Waals surface area contributed by atoms with Crippen molar-refractivity contribution in [2.24, 2.45) is 5.41 Å². The standard InChI is InChI=1S/C7H11NO2/c1-7-2-4(6(9)10)8-5(7)3-7/h4-5,8H,2-3H2,1H3,(H,9,10)/t4?,5-,7+/m1/s1. The van der Waals surface area contributed by atoms with Crippen LogP contribution < -0.4 is 5.32 Å². The fourth-order valence-corrected chi connectivity index (χ4v) is 1.82. The Kier molecular flexibility index (Phi) is 0.944. The predicted molar refractivity (Wildman–Crippen MR) is 35.7 cm³/mol. The number of hydrogen-bond donors (Lipinski definition) is 2. The van der Waals surface area contributed by atoms with Gasteiger partial charge in [0.25, 0.3) is 0 Å². The maximum absolute atomic E-state index is 10.4. The van der Waals surface area contributed by atoms with E-state index in [4.69, 9.17) is 5.11 Å². The van der Waals surface area contributed by atoms with Crippen LogP contribution in [0.25, 0.3) is 0 Å². The molecule has 3 nitrogen and oxygen atoms in total. The average molecular weight is 141 g/mol. The zero-order valence-electron chi connectivity index (χ0n) is 5.92. The number of carbonyl (C=O) groups is 1. The molecule has 0 aromatic heterocycles. The molecule has 2 aliphatic rings. The van der Waals surface area contributed by atoms with E-state index < -0.39 is 5.97 Å². The van der Waals surface area contributed by atoms with Crippen LogP contribution in [0.3, 0.4) is 0 Å². The highest BCUT2D eigenvalue weighted by molar-refractivity contribution is 5.74. The quantitative estimate of drug-likeness (QED) is 0.549. The van der Waals surface area contributed by atoms with Gasteiger partial charge in [0.1, 0.15) is 6.04 Å². The highest BCUT2D eigenvalue weighted by atomic mass is 16.4. The Hall–Kier alpha value is -0.570. The first-order chi connectivity index (χ1) is 4.62. The maximum atomic E-state index is 10.4. The molecule has 0 bridgehead atoms. The monoisotopic (exact) mass is 141 g/mol. The molecular weight excluding hydrogens is 130 g/mol. The molecular formula is C7H11NO2. The minimum atomic E-state index is -0.701. The van der Waals surface area contributed by atoms with E-state index in [0.717, 1.165) is 12.8 Å². The number of carboxylic acids is 1. The molecule has 0 aromatic rings. The zero-order chi connectivity index (χ0) is 7.35. The fourth-order valence-electron chi connectivity index (χ4n) is 1.82. The normalized spacial score (nSPS) is 50.5. The molecule has 0 spiro atoms. The van der Waals surface area contributed by atoms with Gasteiger partial charge in [0.05, 0.1) is 0 Å². The third-order valence-electron chi connectivity index (χ3n) is 2.72. The lowest BCUT2D eigenvalue weighted by atomic mass is 10.0. The van der Waals surface area contributed by atoms with Crippen LogP contribution in [-0.4, -0.2) is 23.2 Å². The number of aliphatic carboxylic acids is 1. The number of carboxylic acid groups (broad SMARTS) is 1. The summed E-state index contributed by atoms with van der Waals surface area (Å²) in [6, 6.07) is 0.220. The van der Waals surface area contributed by atoms with Crippen molar-refractivity contribution >= 4 is 5.97 Å². The van der Waals surface area contributed by atoms with Crippen LogP contribution in [0.2, 0.25) is 0 Å². The summed E-state index contributed by atoms with van der Waals surface area (Å²) < 4.78 is 0. The third kappa shape index (κ3) is 0.669. The first-order valence-corrected chi connectivity index (χ1v) is 3.61. The van der Waals surface area contributed by atoms with E-state index in [1.807, 2.05) is 0 Å². The van der Waals surface area contributed by atoms with Gasteiger partial charge in [0.2, 0.25) is 0 Å². The van der Waals surface area contributed by atoms with Crippen molar-refractivity contribution in [1.29, 1.82) is 0 Å². The van der Waals surface area contributed by atoms with Crippen LogP contribution in [0, 0.1) is 5.41 Å². The molecule has 1 saturated carbocycles. The van der Waals surface area contributed by atoms with Gasteiger partial charge >= 0.3 is 5.97 Å². The minimum Gasteiger partial charge on any atom is -0.480 e. The summed E-state index contributed by atoms with van der Waals surface area (Å²) in [5.41, 5.74) is 0.322. The second-order valence-electron chi connectivity index (χ2n) is 3.67. The fraction of sp³-hybridized carbons (Fsp3) is 0.857. The summed E-state index contributed by atoms with van der Waals surface area (Å²) in [5, 5.41) is 11.7. The first-order valence-electron chi connectivity index (χ1n) is 3.61. The summed E-state index contributed by atoms with van der Waals surface area (Å²) in [4.78, 5) is 10.4. The molecule has 10 heavy (non-hydrogen) atoms. The molecule has 1 saturated heterocycles. The molecule has 0 radical (unpaired) electrons. The van der Waals surface area contributed by atoms with Crippen molar-refractivity contribution in [2.75, 3.05) is 0 Å². The Morgan fingerprint density at radius 3 is 2.70 bits per heavy atom. The summed E-state index contributed by atoms with van der Waals surface area (Å²) in [6.07, 6.45) is 1.98. The molecule has 1 aliphatic carbocycles. The molecule has 56 valence electrons.